The first-order valence-corrected chi connectivity index (χ1v) is 14.3. The average molecular weight is 528 g/mol. The van der Waals surface area contributed by atoms with Gasteiger partial charge in [0.05, 0.1) is 36.2 Å². The maximum atomic E-state index is 13.6. The minimum Gasteiger partial charge on any atom is -0.508 e. The summed E-state index contributed by atoms with van der Waals surface area (Å²) in [6.45, 7) is 2.47. The van der Waals surface area contributed by atoms with E-state index in [0.717, 1.165) is 68.1 Å². The van der Waals surface area contributed by atoms with E-state index in [9.17, 15) is 19.8 Å². The number of fused-ring (bicyclic) bond motifs is 3. The molecule has 37 heavy (non-hydrogen) atoms. The topological polar surface area (TPSA) is 87.1 Å². The van der Waals surface area contributed by atoms with Gasteiger partial charge in [0.25, 0.3) is 0 Å². The normalized spacial score (nSPS) is 28.7. The van der Waals surface area contributed by atoms with Crippen LogP contribution in [0.2, 0.25) is 5.02 Å². The molecule has 2 heterocycles. The molecule has 200 valence electrons. The molecule has 2 aliphatic carbocycles. The second-order valence-electron chi connectivity index (χ2n) is 11.1. The SMILES string of the molecule is CCC/C(=C\c1ccc(O)cc1Cl)CC[C@H]1OC[C@H]2C1=C(CO)C[C@H]1C(=O)N(C3CCCCC3)C(=O)[C@H]12. The molecule has 1 saturated carbocycles. The molecular formula is C30H38ClNO5. The summed E-state index contributed by atoms with van der Waals surface area (Å²) in [6, 6.07) is 5.05. The number of aromatic hydroxyl groups is 1. The van der Waals surface area contributed by atoms with Gasteiger partial charge in [-0.15, -0.1) is 0 Å². The van der Waals surface area contributed by atoms with Crippen molar-refractivity contribution in [3.63, 3.8) is 0 Å². The number of phenolic OH excluding ortho intramolecular Hbond substituents is 1. The number of rotatable bonds is 8. The molecule has 2 saturated heterocycles. The third-order valence-electron chi connectivity index (χ3n) is 8.82. The van der Waals surface area contributed by atoms with Crippen molar-refractivity contribution in [2.75, 3.05) is 13.2 Å². The fourth-order valence-corrected chi connectivity index (χ4v) is 7.33. The van der Waals surface area contributed by atoms with Crippen LogP contribution in [0.3, 0.4) is 0 Å². The maximum Gasteiger partial charge on any atom is 0.234 e. The van der Waals surface area contributed by atoms with Crippen molar-refractivity contribution in [1.82, 2.24) is 4.90 Å². The number of aliphatic hydroxyl groups excluding tert-OH is 1. The zero-order chi connectivity index (χ0) is 26.1. The lowest BCUT2D eigenvalue weighted by Gasteiger charge is -2.31. The molecule has 0 spiro atoms. The van der Waals surface area contributed by atoms with Crippen LogP contribution in [0.5, 0.6) is 5.75 Å². The van der Waals surface area contributed by atoms with Gasteiger partial charge in [-0.05, 0) is 73.4 Å². The van der Waals surface area contributed by atoms with Crippen LogP contribution in [0.25, 0.3) is 6.08 Å². The van der Waals surface area contributed by atoms with Crippen molar-refractivity contribution in [1.29, 1.82) is 0 Å². The molecule has 0 bridgehead atoms. The molecular weight excluding hydrogens is 490 g/mol. The Balaban J connectivity index is 1.34. The van der Waals surface area contributed by atoms with E-state index in [2.05, 4.69) is 13.0 Å². The summed E-state index contributed by atoms with van der Waals surface area (Å²) < 4.78 is 6.29. The predicted octanol–water partition coefficient (Wildman–Crippen LogP) is 5.65. The van der Waals surface area contributed by atoms with E-state index in [0.29, 0.717) is 18.1 Å². The number of phenols is 1. The van der Waals surface area contributed by atoms with Gasteiger partial charge in [0.2, 0.25) is 11.8 Å². The molecule has 2 N–H and O–H groups in total. The van der Waals surface area contributed by atoms with Crippen LogP contribution in [-0.4, -0.2) is 52.3 Å². The van der Waals surface area contributed by atoms with Crippen LogP contribution in [0.1, 0.15) is 76.7 Å². The van der Waals surface area contributed by atoms with Crippen molar-refractivity contribution in [3.05, 3.63) is 45.5 Å². The van der Waals surface area contributed by atoms with Gasteiger partial charge in [-0.2, -0.15) is 0 Å². The van der Waals surface area contributed by atoms with E-state index in [1.807, 2.05) is 6.07 Å². The van der Waals surface area contributed by atoms with E-state index in [1.165, 1.54) is 12.0 Å². The number of benzene rings is 1. The Morgan fingerprint density at radius 1 is 1.14 bits per heavy atom. The monoisotopic (exact) mass is 527 g/mol. The number of hydrogen-bond donors (Lipinski definition) is 2. The molecule has 0 radical (unpaired) electrons. The molecule has 5 rings (SSSR count). The van der Waals surface area contributed by atoms with Gasteiger partial charge in [0.15, 0.2) is 0 Å². The van der Waals surface area contributed by atoms with Gasteiger partial charge in [-0.3, -0.25) is 14.5 Å². The molecule has 2 amide bonds. The lowest BCUT2D eigenvalue weighted by atomic mass is 9.69. The Hall–Kier alpha value is -2.15. The first-order chi connectivity index (χ1) is 17.9. The van der Waals surface area contributed by atoms with Gasteiger partial charge in [-0.25, -0.2) is 0 Å². The number of hydrogen-bond acceptors (Lipinski definition) is 5. The van der Waals surface area contributed by atoms with Crippen LogP contribution >= 0.6 is 11.6 Å². The zero-order valence-corrected chi connectivity index (χ0v) is 22.4. The summed E-state index contributed by atoms with van der Waals surface area (Å²) in [6.07, 6.45) is 11.0. The number of imide groups is 1. The summed E-state index contributed by atoms with van der Waals surface area (Å²) in [5, 5.41) is 20.5. The first kappa shape index (κ1) is 26.5. The average Bonchev–Trinajstić information content (AvgIpc) is 3.42. The van der Waals surface area contributed by atoms with Crippen molar-refractivity contribution >= 4 is 29.5 Å². The van der Waals surface area contributed by atoms with E-state index in [-0.39, 0.29) is 54.1 Å². The lowest BCUT2D eigenvalue weighted by molar-refractivity contribution is -0.143. The lowest BCUT2D eigenvalue weighted by Crippen LogP contribution is -2.42. The molecule has 1 aromatic rings. The molecule has 2 aliphatic heterocycles. The molecule has 0 unspecified atom stereocenters. The highest BCUT2D eigenvalue weighted by atomic mass is 35.5. The van der Waals surface area contributed by atoms with Gasteiger partial charge in [0.1, 0.15) is 5.75 Å². The zero-order valence-electron chi connectivity index (χ0n) is 21.6. The van der Waals surface area contributed by atoms with Gasteiger partial charge in [0, 0.05) is 12.0 Å². The van der Waals surface area contributed by atoms with Crippen LogP contribution in [-0.2, 0) is 14.3 Å². The number of nitrogens with zero attached hydrogens (tertiary/aromatic N) is 1. The smallest absolute Gasteiger partial charge is 0.234 e. The van der Waals surface area contributed by atoms with E-state index >= 15 is 0 Å². The summed E-state index contributed by atoms with van der Waals surface area (Å²) in [5.74, 6) is -0.744. The summed E-state index contributed by atoms with van der Waals surface area (Å²) in [7, 11) is 0. The van der Waals surface area contributed by atoms with Gasteiger partial charge >= 0.3 is 0 Å². The van der Waals surface area contributed by atoms with Crippen molar-refractivity contribution in [2.24, 2.45) is 17.8 Å². The first-order valence-electron chi connectivity index (χ1n) is 13.9. The molecule has 6 nitrogen and oxygen atoms in total. The third-order valence-corrected chi connectivity index (χ3v) is 9.14. The Bertz CT molecular complexity index is 1110. The Kier molecular flexibility index (Phi) is 8.08. The standard InChI is InChI=1S/C30H38ClNO5/c1-2-6-18(13-19-10-11-22(34)15-25(19)31)9-12-26-27-20(16-33)14-23-28(24(27)17-37-26)30(36)32(29(23)35)21-7-4-3-5-8-21/h10-11,13,15,21,23-24,26,28,33-34H,2-9,12,14,16-17H2,1H3/b18-13+/t23-,24+,26-,28-/m1/s1. The Morgan fingerprint density at radius 2 is 1.92 bits per heavy atom. The van der Waals surface area contributed by atoms with Crippen molar-refractivity contribution < 1.29 is 24.5 Å². The number of carbonyl (C=O) groups is 2. The number of carbonyl (C=O) groups excluding carboxylic acids is 2. The van der Waals surface area contributed by atoms with E-state index in [4.69, 9.17) is 16.3 Å². The van der Waals surface area contributed by atoms with Crippen molar-refractivity contribution in [2.45, 2.75) is 83.3 Å². The molecule has 3 fully saturated rings. The second kappa shape index (κ2) is 11.3. The highest BCUT2D eigenvalue weighted by Crippen LogP contribution is 2.50. The molecule has 7 heteroatoms. The third kappa shape index (κ3) is 5.13. The highest BCUT2D eigenvalue weighted by molar-refractivity contribution is 6.32. The van der Waals surface area contributed by atoms with E-state index < -0.39 is 0 Å². The molecule has 4 aliphatic rings. The van der Waals surface area contributed by atoms with Crippen LogP contribution in [0, 0.1) is 17.8 Å². The minimum atomic E-state index is -0.361. The van der Waals surface area contributed by atoms with E-state index in [1.54, 1.807) is 17.0 Å². The van der Waals surface area contributed by atoms with Crippen LogP contribution in [0.4, 0.5) is 0 Å². The summed E-state index contributed by atoms with van der Waals surface area (Å²) >= 11 is 6.35. The summed E-state index contributed by atoms with van der Waals surface area (Å²) in [5.41, 5.74) is 4.08. The highest BCUT2D eigenvalue weighted by Gasteiger charge is 2.58. The quantitative estimate of drug-likeness (QED) is 0.337. The van der Waals surface area contributed by atoms with Gasteiger partial charge in [-0.1, -0.05) is 55.9 Å². The molecule has 1 aromatic carbocycles. The maximum absolute atomic E-state index is 13.6. The minimum absolute atomic E-state index is 0.0146. The fraction of sp³-hybridized carbons (Fsp3) is 0.600. The number of halogens is 1. The molecule has 4 atom stereocenters. The van der Waals surface area contributed by atoms with Crippen LogP contribution in [0.15, 0.2) is 34.9 Å². The Labute approximate surface area is 224 Å². The largest absolute Gasteiger partial charge is 0.508 e. The number of ether oxygens (including phenoxy) is 1. The summed E-state index contributed by atoms with van der Waals surface area (Å²) in [4.78, 5) is 28.6. The van der Waals surface area contributed by atoms with Crippen LogP contribution < -0.4 is 0 Å². The fourth-order valence-electron chi connectivity index (χ4n) is 7.10. The number of aliphatic hydroxyl groups is 1. The number of amides is 2. The number of allylic oxidation sites excluding steroid dienone is 1. The number of likely N-dealkylation sites (tertiary alicyclic amines) is 1. The second-order valence-corrected chi connectivity index (χ2v) is 11.5. The van der Waals surface area contributed by atoms with Crippen molar-refractivity contribution in [3.8, 4) is 5.75 Å². The van der Waals surface area contributed by atoms with Gasteiger partial charge < -0.3 is 14.9 Å². The molecule has 0 aromatic heterocycles. The predicted molar refractivity (Wildman–Crippen MR) is 143 cm³/mol. The Morgan fingerprint density at radius 3 is 2.62 bits per heavy atom.